The highest BCUT2D eigenvalue weighted by atomic mass is 19.1. The second-order valence-corrected chi connectivity index (χ2v) is 5.93. The Morgan fingerprint density at radius 1 is 1.12 bits per heavy atom. The Bertz CT molecular complexity index is 905. The molecular weight excluding hydrogens is 321 g/mol. The second kappa shape index (κ2) is 6.47. The summed E-state index contributed by atoms with van der Waals surface area (Å²) in [7, 11) is 0. The summed E-state index contributed by atoms with van der Waals surface area (Å²) < 4.78 is 18.5. The van der Waals surface area contributed by atoms with E-state index < -0.39 is 0 Å². The Kier molecular flexibility index (Phi) is 4.01. The highest BCUT2D eigenvalue weighted by Gasteiger charge is 2.24. The van der Waals surface area contributed by atoms with E-state index in [1.807, 2.05) is 23.1 Å². The van der Waals surface area contributed by atoms with Crippen LogP contribution in [0.25, 0.3) is 11.5 Å². The largest absolute Gasteiger partial charge is 0.421 e. The zero-order chi connectivity index (χ0) is 17.2. The summed E-state index contributed by atoms with van der Waals surface area (Å²) in [6.45, 7) is 0.711. The van der Waals surface area contributed by atoms with Gasteiger partial charge in [-0.1, -0.05) is 18.2 Å². The molecular formula is C19H16FN3O2. The van der Waals surface area contributed by atoms with Gasteiger partial charge in [0.2, 0.25) is 17.7 Å². The van der Waals surface area contributed by atoms with E-state index in [4.69, 9.17) is 4.42 Å². The summed E-state index contributed by atoms with van der Waals surface area (Å²) in [5, 5.41) is 7.94. The van der Waals surface area contributed by atoms with Crippen LogP contribution in [0.3, 0.4) is 0 Å². The molecule has 0 atom stereocenters. The molecule has 0 fully saturated rings. The molecule has 5 nitrogen and oxygen atoms in total. The summed E-state index contributed by atoms with van der Waals surface area (Å²) in [4.78, 5) is 14.3. The van der Waals surface area contributed by atoms with Crippen molar-refractivity contribution in [1.82, 2.24) is 10.2 Å². The van der Waals surface area contributed by atoms with Crippen LogP contribution in [0.15, 0.2) is 52.9 Å². The topological polar surface area (TPSA) is 59.2 Å². The van der Waals surface area contributed by atoms with Crippen LogP contribution >= 0.6 is 0 Å². The molecule has 0 spiro atoms. The summed E-state index contributed by atoms with van der Waals surface area (Å²) in [5.41, 5.74) is 2.84. The van der Waals surface area contributed by atoms with Gasteiger partial charge in [0.05, 0.1) is 0 Å². The van der Waals surface area contributed by atoms with Crippen LogP contribution in [0, 0.1) is 5.82 Å². The number of hydrogen-bond acceptors (Lipinski definition) is 4. The Labute approximate surface area is 144 Å². The third kappa shape index (κ3) is 3.15. The molecule has 1 aliphatic heterocycles. The number of nitrogens with zero attached hydrogens (tertiary/aromatic N) is 3. The molecule has 0 N–H and O–H groups in total. The molecule has 3 aromatic rings. The molecule has 126 valence electrons. The Hall–Kier alpha value is -3.02. The number of para-hydroxylation sites is 1. The van der Waals surface area contributed by atoms with Gasteiger partial charge in [0.15, 0.2) is 0 Å². The quantitative estimate of drug-likeness (QED) is 0.732. The van der Waals surface area contributed by atoms with Gasteiger partial charge in [0, 0.05) is 30.6 Å². The summed E-state index contributed by atoms with van der Waals surface area (Å²) >= 11 is 0. The second-order valence-electron chi connectivity index (χ2n) is 5.93. The van der Waals surface area contributed by atoms with Crippen LogP contribution < -0.4 is 4.90 Å². The van der Waals surface area contributed by atoms with E-state index in [9.17, 15) is 9.18 Å². The molecule has 2 aromatic carbocycles. The lowest BCUT2D eigenvalue weighted by atomic mass is 10.2. The molecule has 0 aliphatic carbocycles. The maximum Gasteiger partial charge on any atom is 0.247 e. The number of hydrogen-bond donors (Lipinski definition) is 0. The molecule has 0 saturated carbocycles. The van der Waals surface area contributed by atoms with Crippen molar-refractivity contribution in [3.05, 3.63) is 65.8 Å². The first-order valence-electron chi connectivity index (χ1n) is 8.17. The normalized spacial score (nSPS) is 13.1. The van der Waals surface area contributed by atoms with Gasteiger partial charge in [-0.05, 0) is 42.3 Å². The van der Waals surface area contributed by atoms with E-state index in [0.29, 0.717) is 36.7 Å². The van der Waals surface area contributed by atoms with E-state index in [1.54, 1.807) is 12.1 Å². The average molecular weight is 337 g/mol. The van der Waals surface area contributed by atoms with Crippen LogP contribution in [0.1, 0.15) is 17.9 Å². The zero-order valence-electron chi connectivity index (χ0n) is 13.5. The van der Waals surface area contributed by atoms with Gasteiger partial charge in [0.1, 0.15) is 5.82 Å². The minimum absolute atomic E-state index is 0.0477. The van der Waals surface area contributed by atoms with Crippen molar-refractivity contribution in [3.8, 4) is 11.5 Å². The van der Waals surface area contributed by atoms with Gasteiger partial charge in [-0.2, -0.15) is 0 Å². The molecule has 0 saturated heterocycles. The van der Waals surface area contributed by atoms with Crippen LogP contribution in [0.2, 0.25) is 0 Å². The number of benzene rings is 2. The number of amides is 1. The third-order valence-electron chi connectivity index (χ3n) is 4.30. The highest BCUT2D eigenvalue weighted by molar-refractivity contribution is 5.95. The average Bonchev–Trinajstić information content (AvgIpc) is 3.27. The highest BCUT2D eigenvalue weighted by Crippen LogP contribution is 2.28. The number of rotatable bonds is 4. The van der Waals surface area contributed by atoms with Gasteiger partial charge in [0.25, 0.3) is 0 Å². The number of aryl methyl sites for hydroxylation is 1. The summed E-state index contributed by atoms with van der Waals surface area (Å²) in [6.07, 6.45) is 1.57. The van der Waals surface area contributed by atoms with Crippen molar-refractivity contribution >= 4 is 11.6 Å². The first kappa shape index (κ1) is 15.5. The van der Waals surface area contributed by atoms with Crippen molar-refractivity contribution in [3.63, 3.8) is 0 Å². The number of anilines is 1. The van der Waals surface area contributed by atoms with Gasteiger partial charge in [-0.25, -0.2) is 4.39 Å². The van der Waals surface area contributed by atoms with Crippen LogP contribution in [-0.4, -0.2) is 22.6 Å². The van der Waals surface area contributed by atoms with Gasteiger partial charge in [-0.15, -0.1) is 10.2 Å². The molecule has 0 bridgehead atoms. The minimum atomic E-state index is -0.319. The fourth-order valence-corrected chi connectivity index (χ4v) is 3.01. The molecule has 2 heterocycles. The van der Waals surface area contributed by atoms with Crippen molar-refractivity contribution in [2.45, 2.75) is 19.3 Å². The molecule has 4 rings (SSSR count). The maximum absolute atomic E-state index is 13.0. The van der Waals surface area contributed by atoms with E-state index >= 15 is 0 Å². The SMILES string of the molecule is O=C(CCc1nnc(-c2ccc(F)cc2)o1)N1CCc2ccccc21. The van der Waals surface area contributed by atoms with E-state index in [0.717, 1.165) is 12.1 Å². The predicted octanol–water partition coefficient (Wildman–Crippen LogP) is 3.40. The number of carbonyl (C=O) groups excluding carboxylic acids is 1. The summed E-state index contributed by atoms with van der Waals surface area (Å²) in [5.74, 6) is 0.459. The first-order valence-corrected chi connectivity index (χ1v) is 8.17. The fraction of sp³-hybridized carbons (Fsp3) is 0.211. The van der Waals surface area contributed by atoms with Gasteiger partial charge in [-0.3, -0.25) is 4.79 Å². The molecule has 1 amide bonds. The van der Waals surface area contributed by atoms with Crippen LogP contribution in [-0.2, 0) is 17.6 Å². The lowest BCUT2D eigenvalue weighted by Crippen LogP contribution is -2.29. The number of aromatic nitrogens is 2. The molecule has 1 aromatic heterocycles. The van der Waals surface area contributed by atoms with Crippen molar-refractivity contribution < 1.29 is 13.6 Å². The molecule has 0 radical (unpaired) electrons. The number of fused-ring (bicyclic) bond motifs is 1. The maximum atomic E-state index is 13.0. The van der Waals surface area contributed by atoms with Crippen LogP contribution in [0.4, 0.5) is 10.1 Å². The van der Waals surface area contributed by atoms with Gasteiger partial charge >= 0.3 is 0 Å². The number of carbonyl (C=O) groups is 1. The molecule has 0 unspecified atom stereocenters. The Morgan fingerprint density at radius 3 is 2.76 bits per heavy atom. The molecule has 6 heteroatoms. The summed E-state index contributed by atoms with van der Waals surface area (Å²) in [6, 6.07) is 13.8. The van der Waals surface area contributed by atoms with Crippen molar-refractivity contribution in [2.75, 3.05) is 11.4 Å². The standard InChI is InChI=1S/C19H16FN3O2/c20-15-7-5-14(6-8-15)19-22-21-17(25-19)9-10-18(24)23-12-11-13-3-1-2-4-16(13)23/h1-8H,9-12H2. The predicted molar refractivity (Wildman–Crippen MR) is 90.5 cm³/mol. The monoisotopic (exact) mass is 337 g/mol. The number of halogens is 1. The lowest BCUT2D eigenvalue weighted by molar-refractivity contribution is -0.118. The fourth-order valence-electron chi connectivity index (χ4n) is 3.01. The van der Waals surface area contributed by atoms with Gasteiger partial charge < -0.3 is 9.32 Å². The van der Waals surface area contributed by atoms with Crippen molar-refractivity contribution in [2.24, 2.45) is 0 Å². The molecule has 1 aliphatic rings. The lowest BCUT2D eigenvalue weighted by Gasteiger charge is -2.16. The van der Waals surface area contributed by atoms with E-state index in [1.165, 1.54) is 17.7 Å². The Morgan fingerprint density at radius 2 is 1.92 bits per heavy atom. The van der Waals surface area contributed by atoms with Crippen molar-refractivity contribution in [1.29, 1.82) is 0 Å². The van der Waals surface area contributed by atoms with Crippen LogP contribution in [0.5, 0.6) is 0 Å². The smallest absolute Gasteiger partial charge is 0.247 e. The first-order chi connectivity index (χ1) is 12.2. The van der Waals surface area contributed by atoms with E-state index in [2.05, 4.69) is 16.3 Å². The third-order valence-corrected chi connectivity index (χ3v) is 4.30. The minimum Gasteiger partial charge on any atom is -0.421 e. The zero-order valence-corrected chi connectivity index (χ0v) is 13.5. The Balaban J connectivity index is 1.41. The van der Waals surface area contributed by atoms with E-state index in [-0.39, 0.29) is 11.7 Å². The molecule has 25 heavy (non-hydrogen) atoms.